The molecule has 0 radical (unpaired) electrons. The Morgan fingerprint density at radius 2 is 2.00 bits per heavy atom. The Morgan fingerprint density at radius 3 is 2.41 bits per heavy atom. The molecule has 0 aromatic heterocycles. The summed E-state index contributed by atoms with van der Waals surface area (Å²) in [6.45, 7) is 8.62. The minimum Gasteiger partial charge on any atom is -0.481 e. The van der Waals surface area contributed by atoms with Gasteiger partial charge >= 0.3 is 12.0 Å². The Hall–Kier alpha value is -1.26. The van der Waals surface area contributed by atoms with E-state index in [9.17, 15) is 9.59 Å². The van der Waals surface area contributed by atoms with E-state index in [1.807, 2.05) is 27.7 Å². The predicted molar refractivity (Wildman–Crippen MR) is 64.8 cm³/mol. The van der Waals surface area contributed by atoms with E-state index in [1.165, 1.54) is 0 Å². The van der Waals surface area contributed by atoms with Crippen molar-refractivity contribution in [1.29, 1.82) is 0 Å². The lowest BCUT2D eigenvalue weighted by molar-refractivity contribution is -0.142. The molecule has 1 aliphatic heterocycles. The average Bonchev–Trinajstić information content (AvgIpc) is 2.60. The highest BCUT2D eigenvalue weighted by molar-refractivity contribution is 5.78. The van der Waals surface area contributed by atoms with Crippen molar-refractivity contribution in [2.45, 2.75) is 39.7 Å². The molecular weight excluding hydrogens is 220 g/mol. The van der Waals surface area contributed by atoms with E-state index in [-0.39, 0.29) is 17.5 Å². The molecule has 0 saturated carbocycles. The lowest BCUT2D eigenvalue weighted by atomic mass is 9.99. The highest BCUT2D eigenvalue weighted by atomic mass is 16.4. The second kappa shape index (κ2) is 4.94. The number of likely N-dealkylation sites (tertiary alicyclic amines) is 1. The van der Waals surface area contributed by atoms with E-state index in [0.717, 1.165) is 6.42 Å². The van der Waals surface area contributed by atoms with Crippen molar-refractivity contribution in [3.05, 3.63) is 0 Å². The number of rotatable bonds is 3. The molecular formula is C12H22N2O3. The molecule has 1 heterocycles. The van der Waals surface area contributed by atoms with E-state index in [4.69, 9.17) is 5.11 Å². The van der Waals surface area contributed by atoms with Crippen LogP contribution in [0.2, 0.25) is 0 Å². The number of nitrogens with zero attached hydrogens (tertiary/aromatic N) is 1. The van der Waals surface area contributed by atoms with E-state index in [2.05, 4.69) is 5.32 Å². The zero-order valence-corrected chi connectivity index (χ0v) is 11.0. The predicted octanol–water partition coefficient (Wildman–Crippen LogP) is 1.54. The molecule has 2 amide bonds. The second-order valence-electron chi connectivity index (χ2n) is 5.49. The molecule has 1 saturated heterocycles. The standard InChI is InChI=1S/C12H22N2O3/c1-5-12(3,4)13-11(17)14-6-8(2)9(7-14)10(15)16/h8-9H,5-7H2,1-4H3,(H,13,17)(H,15,16). The van der Waals surface area contributed by atoms with Crippen LogP contribution in [0.25, 0.3) is 0 Å². The third-order valence-electron chi connectivity index (χ3n) is 3.55. The van der Waals surface area contributed by atoms with Crippen LogP contribution in [-0.2, 0) is 4.79 Å². The van der Waals surface area contributed by atoms with Gasteiger partial charge in [0.05, 0.1) is 5.92 Å². The normalized spacial score (nSPS) is 24.8. The molecule has 1 aliphatic rings. The number of hydrogen-bond acceptors (Lipinski definition) is 2. The van der Waals surface area contributed by atoms with E-state index < -0.39 is 11.9 Å². The number of hydrogen-bond donors (Lipinski definition) is 2. The summed E-state index contributed by atoms with van der Waals surface area (Å²) in [6, 6.07) is -0.160. The minimum absolute atomic E-state index is 0.0167. The Balaban J connectivity index is 2.59. The first-order valence-corrected chi connectivity index (χ1v) is 6.06. The van der Waals surface area contributed by atoms with Gasteiger partial charge in [-0.05, 0) is 26.2 Å². The highest BCUT2D eigenvalue weighted by Crippen LogP contribution is 2.23. The smallest absolute Gasteiger partial charge is 0.317 e. The summed E-state index contributed by atoms with van der Waals surface area (Å²) in [5, 5.41) is 11.9. The molecule has 0 aliphatic carbocycles. The minimum atomic E-state index is -0.817. The maximum Gasteiger partial charge on any atom is 0.317 e. The van der Waals surface area contributed by atoms with Crippen LogP contribution in [0.3, 0.4) is 0 Å². The molecule has 1 rings (SSSR count). The third-order valence-corrected chi connectivity index (χ3v) is 3.55. The fourth-order valence-corrected chi connectivity index (χ4v) is 1.91. The van der Waals surface area contributed by atoms with E-state index in [0.29, 0.717) is 13.1 Å². The number of carbonyl (C=O) groups excluding carboxylic acids is 1. The molecule has 0 aromatic carbocycles. The topological polar surface area (TPSA) is 69.6 Å². The molecule has 2 atom stereocenters. The van der Waals surface area contributed by atoms with Gasteiger partial charge in [0.15, 0.2) is 0 Å². The molecule has 1 fully saturated rings. The number of amides is 2. The highest BCUT2D eigenvalue weighted by Gasteiger charge is 2.37. The van der Waals surface area contributed by atoms with Crippen LogP contribution in [0, 0.1) is 11.8 Å². The molecule has 2 N–H and O–H groups in total. The van der Waals surface area contributed by atoms with Crippen LogP contribution >= 0.6 is 0 Å². The van der Waals surface area contributed by atoms with Crippen molar-refractivity contribution in [1.82, 2.24) is 10.2 Å². The van der Waals surface area contributed by atoms with Crippen LogP contribution in [0.5, 0.6) is 0 Å². The molecule has 0 bridgehead atoms. The van der Waals surface area contributed by atoms with Crippen molar-refractivity contribution < 1.29 is 14.7 Å². The summed E-state index contributed by atoms with van der Waals surface area (Å²) in [6.07, 6.45) is 0.838. The number of urea groups is 1. The van der Waals surface area contributed by atoms with E-state index in [1.54, 1.807) is 4.90 Å². The zero-order chi connectivity index (χ0) is 13.2. The molecule has 2 unspecified atom stereocenters. The Morgan fingerprint density at radius 1 is 1.41 bits per heavy atom. The summed E-state index contributed by atoms with van der Waals surface area (Å²) in [4.78, 5) is 24.5. The summed E-state index contributed by atoms with van der Waals surface area (Å²) in [7, 11) is 0. The Kier molecular flexibility index (Phi) is 4.01. The fourth-order valence-electron chi connectivity index (χ4n) is 1.91. The first kappa shape index (κ1) is 13.8. The van der Waals surface area contributed by atoms with Gasteiger partial charge in [0.25, 0.3) is 0 Å². The van der Waals surface area contributed by atoms with Crippen molar-refractivity contribution >= 4 is 12.0 Å². The number of aliphatic carboxylic acids is 1. The van der Waals surface area contributed by atoms with Gasteiger partial charge in [-0.15, -0.1) is 0 Å². The fraction of sp³-hybridized carbons (Fsp3) is 0.833. The Labute approximate surface area is 102 Å². The summed E-state index contributed by atoms with van der Waals surface area (Å²) in [5.74, 6) is -1.24. The first-order valence-electron chi connectivity index (χ1n) is 6.06. The Bertz CT molecular complexity index is 315. The molecule has 0 aromatic rings. The van der Waals surface area contributed by atoms with Gasteiger partial charge in [-0.1, -0.05) is 13.8 Å². The third kappa shape index (κ3) is 3.35. The molecule has 5 nitrogen and oxygen atoms in total. The molecule has 0 spiro atoms. The zero-order valence-electron chi connectivity index (χ0n) is 11.0. The number of carboxylic acids is 1. The van der Waals surface area contributed by atoms with E-state index >= 15 is 0 Å². The van der Waals surface area contributed by atoms with Gasteiger partial charge in [-0.25, -0.2) is 4.79 Å². The van der Waals surface area contributed by atoms with Crippen LogP contribution in [-0.4, -0.2) is 40.6 Å². The number of nitrogens with one attached hydrogen (secondary N) is 1. The van der Waals surface area contributed by atoms with Crippen molar-refractivity contribution in [3.63, 3.8) is 0 Å². The van der Waals surface area contributed by atoms with Crippen LogP contribution in [0.4, 0.5) is 4.79 Å². The summed E-state index contributed by atoms with van der Waals surface area (Å²) >= 11 is 0. The van der Waals surface area contributed by atoms with Crippen LogP contribution in [0.1, 0.15) is 34.1 Å². The quantitative estimate of drug-likeness (QED) is 0.788. The lowest BCUT2D eigenvalue weighted by Gasteiger charge is -2.28. The molecule has 5 heteroatoms. The molecule has 98 valence electrons. The number of carboxylic acid groups (broad SMARTS) is 1. The van der Waals surface area contributed by atoms with Crippen LogP contribution < -0.4 is 5.32 Å². The summed E-state index contributed by atoms with van der Waals surface area (Å²) < 4.78 is 0. The van der Waals surface area contributed by atoms with Gasteiger partial charge in [0.2, 0.25) is 0 Å². The van der Waals surface area contributed by atoms with Gasteiger partial charge in [-0.3, -0.25) is 4.79 Å². The monoisotopic (exact) mass is 242 g/mol. The van der Waals surface area contributed by atoms with Gasteiger partial charge in [-0.2, -0.15) is 0 Å². The summed E-state index contributed by atoms with van der Waals surface area (Å²) in [5.41, 5.74) is -0.248. The maximum atomic E-state index is 12.0. The largest absolute Gasteiger partial charge is 0.481 e. The van der Waals surface area contributed by atoms with Crippen molar-refractivity contribution in [3.8, 4) is 0 Å². The maximum absolute atomic E-state index is 12.0. The average molecular weight is 242 g/mol. The second-order valence-corrected chi connectivity index (χ2v) is 5.49. The van der Waals surface area contributed by atoms with Gasteiger partial charge in [0.1, 0.15) is 0 Å². The molecule has 17 heavy (non-hydrogen) atoms. The van der Waals surface area contributed by atoms with Gasteiger partial charge in [0, 0.05) is 18.6 Å². The van der Waals surface area contributed by atoms with Crippen molar-refractivity contribution in [2.24, 2.45) is 11.8 Å². The van der Waals surface area contributed by atoms with Crippen molar-refractivity contribution in [2.75, 3.05) is 13.1 Å². The van der Waals surface area contributed by atoms with Crippen LogP contribution in [0.15, 0.2) is 0 Å². The lowest BCUT2D eigenvalue weighted by Crippen LogP contribution is -2.49. The number of carbonyl (C=O) groups is 2. The van der Waals surface area contributed by atoms with Gasteiger partial charge < -0.3 is 15.3 Å². The SMILES string of the molecule is CCC(C)(C)NC(=O)N1CC(C)C(C(=O)O)C1. The first-order chi connectivity index (χ1) is 7.76.